The van der Waals surface area contributed by atoms with Gasteiger partial charge in [-0.2, -0.15) is 0 Å². The zero-order chi connectivity index (χ0) is 15.4. The summed E-state index contributed by atoms with van der Waals surface area (Å²) in [5.41, 5.74) is 6.77. The smallest absolute Gasteiger partial charge is 0.0576 e. The Morgan fingerprint density at radius 2 is 1.62 bits per heavy atom. The fraction of sp³-hybridized carbons (Fsp3) is 0.400. The molecule has 0 bridgehead atoms. The maximum atomic E-state index is 3.46. The summed E-state index contributed by atoms with van der Waals surface area (Å²) in [6, 6.07) is 16.0. The molecule has 2 aromatic rings. The molecule has 1 nitrogen and oxygen atoms in total. The van der Waals surface area contributed by atoms with Crippen molar-refractivity contribution >= 4 is 0 Å². The van der Waals surface area contributed by atoms with Gasteiger partial charge in [0.25, 0.3) is 0 Å². The van der Waals surface area contributed by atoms with Crippen molar-refractivity contribution in [2.75, 3.05) is 7.05 Å². The Morgan fingerprint density at radius 3 is 2.19 bits per heavy atom. The van der Waals surface area contributed by atoms with Crippen LogP contribution in [-0.2, 0) is 6.42 Å². The van der Waals surface area contributed by atoms with Gasteiger partial charge in [0, 0.05) is 0 Å². The topological polar surface area (TPSA) is 12.0 Å². The Bertz CT molecular complexity index is 581. The molecule has 0 aliphatic rings. The van der Waals surface area contributed by atoms with E-state index in [4.69, 9.17) is 0 Å². The van der Waals surface area contributed by atoms with Crippen molar-refractivity contribution < 1.29 is 0 Å². The van der Waals surface area contributed by atoms with Gasteiger partial charge in [0.05, 0.1) is 6.04 Å². The molecule has 0 saturated carbocycles. The van der Waals surface area contributed by atoms with E-state index in [1.807, 2.05) is 7.05 Å². The molecule has 1 unspecified atom stereocenters. The van der Waals surface area contributed by atoms with Crippen molar-refractivity contribution in [3.63, 3.8) is 0 Å². The maximum Gasteiger partial charge on any atom is 0.0576 e. The van der Waals surface area contributed by atoms with Crippen LogP contribution in [0, 0.1) is 19.8 Å². The summed E-state index contributed by atoms with van der Waals surface area (Å²) in [6.45, 7) is 8.87. The van der Waals surface area contributed by atoms with Crippen LogP contribution in [0.4, 0.5) is 0 Å². The molecule has 0 amide bonds. The van der Waals surface area contributed by atoms with Gasteiger partial charge in [0.1, 0.15) is 0 Å². The van der Waals surface area contributed by atoms with Crippen LogP contribution in [0.5, 0.6) is 0 Å². The molecule has 21 heavy (non-hydrogen) atoms. The molecule has 0 heterocycles. The molecule has 112 valence electrons. The van der Waals surface area contributed by atoms with E-state index in [0.717, 1.165) is 6.42 Å². The lowest BCUT2D eigenvalue weighted by atomic mass is 9.92. The third-order valence-electron chi connectivity index (χ3n) is 3.99. The molecule has 1 atom stereocenters. The predicted octanol–water partition coefficient (Wildman–Crippen LogP) is 4.81. The van der Waals surface area contributed by atoms with Gasteiger partial charge in [-0.05, 0) is 55.5 Å². The first-order chi connectivity index (χ1) is 10.0. The van der Waals surface area contributed by atoms with Gasteiger partial charge in [-0.3, -0.25) is 0 Å². The molecule has 0 saturated heterocycles. The van der Waals surface area contributed by atoms with Crippen LogP contribution in [0.15, 0.2) is 42.5 Å². The Morgan fingerprint density at radius 1 is 0.952 bits per heavy atom. The molecule has 0 fully saturated rings. The Kier molecular flexibility index (Phi) is 5.19. The van der Waals surface area contributed by atoms with E-state index in [1.165, 1.54) is 27.8 Å². The van der Waals surface area contributed by atoms with Crippen molar-refractivity contribution in [2.24, 2.45) is 5.92 Å². The second kappa shape index (κ2) is 6.91. The second-order valence-corrected chi connectivity index (χ2v) is 6.42. The summed E-state index contributed by atoms with van der Waals surface area (Å²) in [7, 11) is 2.04. The average Bonchev–Trinajstić information content (AvgIpc) is 2.44. The number of hydrogen-bond acceptors (Lipinski definition) is 1. The molecule has 0 aliphatic carbocycles. The summed E-state index contributed by atoms with van der Waals surface area (Å²) < 4.78 is 0. The van der Waals surface area contributed by atoms with Crippen molar-refractivity contribution in [1.82, 2.24) is 5.32 Å². The third kappa shape index (κ3) is 3.95. The van der Waals surface area contributed by atoms with Crippen LogP contribution in [0.2, 0.25) is 0 Å². The largest absolute Gasteiger partial charge is 0.309 e. The lowest BCUT2D eigenvalue weighted by Crippen LogP contribution is -2.18. The van der Waals surface area contributed by atoms with E-state index >= 15 is 0 Å². The van der Waals surface area contributed by atoms with E-state index in [2.05, 4.69) is 75.5 Å². The summed E-state index contributed by atoms with van der Waals surface area (Å²) in [5, 5.41) is 3.46. The molecular formula is C20H27N. The number of rotatable bonds is 5. The van der Waals surface area contributed by atoms with E-state index in [0.29, 0.717) is 5.92 Å². The van der Waals surface area contributed by atoms with Crippen LogP contribution >= 0.6 is 0 Å². The minimum atomic E-state index is 0.262. The highest BCUT2D eigenvalue weighted by atomic mass is 14.9. The molecule has 0 aliphatic heterocycles. The molecule has 1 heteroatoms. The van der Waals surface area contributed by atoms with Gasteiger partial charge in [-0.25, -0.2) is 0 Å². The number of benzene rings is 2. The third-order valence-corrected chi connectivity index (χ3v) is 3.99. The van der Waals surface area contributed by atoms with Crippen molar-refractivity contribution in [2.45, 2.75) is 40.2 Å². The summed E-state index contributed by atoms with van der Waals surface area (Å²) in [4.78, 5) is 0. The summed E-state index contributed by atoms with van der Waals surface area (Å²) >= 11 is 0. The molecule has 1 N–H and O–H groups in total. The normalized spacial score (nSPS) is 12.7. The predicted molar refractivity (Wildman–Crippen MR) is 91.8 cm³/mol. The highest BCUT2D eigenvalue weighted by molar-refractivity contribution is 5.39. The molecular weight excluding hydrogens is 254 g/mol. The van der Waals surface area contributed by atoms with Crippen molar-refractivity contribution in [3.8, 4) is 0 Å². The van der Waals surface area contributed by atoms with Gasteiger partial charge in [0.2, 0.25) is 0 Å². The standard InChI is InChI=1S/C20H27N/c1-14(2)12-17-8-10-18(11-9-17)20(21-5)19-13-15(3)6-7-16(19)4/h6-11,13-14,20-21H,12H2,1-5H3. The van der Waals surface area contributed by atoms with Gasteiger partial charge in [-0.15, -0.1) is 0 Å². The fourth-order valence-corrected chi connectivity index (χ4v) is 2.89. The van der Waals surface area contributed by atoms with E-state index in [-0.39, 0.29) is 6.04 Å². The van der Waals surface area contributed by atoms with Gasteiger partial charge >= 0.3 is 0 Å². The van der Waals surface area contributed by atoms with Crippen LogP contribution in [0.25, 0.3) is 0 Å². The zero-order valence-corrected chi connectivity index (χ0v) is 13.9. The molecule has 2 aromatic carbocycles. The second-order valence-electron chi connectivity index (χ2n) is 6.42. The monoisotopic (exact) mass is 281 g/mol. The first kappa shape index (κ1) is 15.8. The summed E-state index contributed by atoms with van der Waals surface area (Å²) in [6.07, 6.45) is 1.15. The lowest BCUT2D eigenvalue weighted by molar-refractivity contribution is 0.645. The fourth-order valence-electron chi connectivity index (χ4n) is 2.89. The van der Waals surface area contributed by atoms with Gasteiger partial charge < -0.3 is 5.32 Å². The first-order valence-electron chi connectivity index (χ1n) is 7.84. The van der Waals surface area contributed by atoms with Crippen LogP contribution in [0.1, 0.15) is 47.7 Å². The van der Waals surface area contributed by atoms with Crippen LogP contribution < -0.4 is 5.32 Å². The minimum Gasteiger partial charge on any atom is -0.309 e. The van der Waals surface area contributed by atoms with E-state index in [1.54, 1.807) is 0 Å². The van der Waals surface area contributed by atoms with E-state index in [9.17, 15) is 0 Å². The highest BCUT2D eigenvalue weighted by Gasteiger charge is 2.14. The molecule has 2 rings (SSSR count). The summed E-state index contributed by atoms with van der Waals surface area (Å²) in [5.74, 6) is 0.704. The number of hydrogen-bond donors (Lipinski definition) is 1. The number of aryl methyl sites for hydroxylation is 2. The van der Waals surface area contributed by atoms with E-state index < -0.39 is 0 Å². The van der Waals surface area contributed by atoms with Crippen molar-refractivity contribution in [1.29, 1.82) is 0 Å². The zero-order valence-electron chi connectivity index (χ0n) is 13.9. The lowest BCUT2D eigenvalue weighted by Gasteiger charge is -2.20. The average molecular weight is 281 g/mol. The Hall–Kier alpha value is -1.60. The molecule has 0 aromatic heterocycles. The number of nitrogens with one attached hydrogen (secondary N) is 1. The van der Waals surface area contributed by atoms with Crippen LogP contribution in [0.3, 0.4) is 0 Å². The SMILES string of the molecule is CNC(c1ccc(CC(C)C)cc1)c1cc(C)ccc1C. The van der Waals surface area contributed by atoms with Gasteiger partial charge in [0.15, 0.2) is 0 Å². The Labute approximate surface area is 129 Å². The maximum absolute atomic E-state index is 3.46. The Balaban J connectivity index is 2.31. The molecule has 0 radical (unpaired) electrons. The van der Waals surface area contributed by atoms with Crippen molar-refractivity contribution in [3.05, 3.63) is 70.3 Å². The van der Waals surface area contributed by atoms with Crippen LogP contribution in [-0.4, -0.2) is 7.05 Å². The molecule has 0 spiro atoms. The minimum absolute atomic E-state index is 0.262. The highest BCUT2D eigenvalue weighted by Crippen LogP contribution is 2.26. The quantitative estimate of drug-likeness (QED) is 0.829. The first-order valence-corrected chi connectivity index (χ1v) is 7.84. The van der Waals surface area contributed by atoms with Gasteiger partial charge in [-0.1, -0.05) is 61.9 Å².